The van der Waals surface area contributed by atoms with E-state index in [4.69, 9.17) is 11.6 Å². The molecule has 1 nitrogen and oxygen atoms in total. The number of benzene rings is 1. The van der Waals surface area contributed by atoms with Gasteiger partial charge in [-0.15, -0.1) is 11.6 Å². The Bertz CT molecular complexity index is 509. The molecule has 0 aromatic heterocycles. The van der Waals surface area contributed by atoms with E-state index < -0.39 is 0 Å². The fourth-order valence-electron chi connectivity index (χ4n) is 5.43. The Hall–Kier alpha value is -0.820. The summed E-state index contributed by atoms with van der Waals surface area (Å²) in [6.45, 7) is 0. The van der Waals surface area contributed by atoms with Gasteiger partial charge < -0.3 is 0 Å². The lowest BCUT2D eigenvalue weighted by atomic mass is 9.48. The second-order valence-electron chi connectivity index (χ2n) is 7.34. The van der Waals surface area contributed by atoms with E-state index >= 15 is 0 Å². The zero-order chi connectivity index (χ0) is 13.7. The van der Waals surface area contributed by atoms with Gasteiger partial charge in [0.2, 0.25) is 0 Å². The van der Waals surface area contributed by atoms with Crippen molar-refractivity contribution in [3.8, 4) is 0 Å². The third-order valence-electron chi connectivity index (χ3n) is 5.94. The van der Waals surface area contributed by atoms with Crippen LogP contribution in [0.15, 0.2) is 30.3 Å². The van der Waals surface area contributed by atoms with E-state index in [1.807, 2.05) is 30.3 Å². The minimum Gasteiger partial charge on any atom is -0.294 e. The Labute approximate surface area is 125 Å². The van der Waals surface area contributed by atoms with Crippen LogP contribution in [0.25, 0.3) is 0 Å². The monoisotopic (exact) mass is 288 g/mol. The molecule has 4 aliphatic carbocycles. The van der Waals surface area contributed by atoms with Crippen molar-refractivity contribution in [3.05, 3.63) is 35.9 Å². The third-order valence-corrected chi connectivity index (χ3v) is 6.76. The SMILES string of the molecule is O=C(CC12C[C@@H]3CC(C[C@@H](C3)C1)C2Cl)c1ccccc1. The molecular formula is C18H21ClO. The summed E-state index contributed by atoms with van der Waals surface area (Å²) in [5, 5.41) is 0.225. The number of carbonyl (C=O) groups excluding carboxylic acids is 1. The van der Waals surface area contributed by atoms with Gasteiger partial charge >= 0.3 is 0 Å². The molecule has 0 heterocycles. The van der Waals surface area contributed by atoms with Gasteiger partial charge in [0, 0.05) is 17.4 Å². The van der Waals surface area contributed by atoms with Crippen LogP contribution in [0.1, 0.15) is 48.9 Å². The van der Waals surface area contributed by atoms with Crippen LogP contribution in [0, 0.1) is 23.2 Å². The van der Waals surface area contributed by atoms with Crippen molar-refractivity contribution < 1.29 is 4.79 Å². The predicted molar refractivity (Wildman–Crippen MR) is 81.0 cm³/mol. The Morgan fingerprint density at radius 2 is 1.75 bits per heavy atom. The molecule has 2 heteroatoms. The topological polar surface area (TPSA) is 17.1 Å². The highest BCUT2D eigenvalue weighted by Crippen LogP contribution is 2.63. The molecule has 4 bridgehead atoms. The molecule has 1 aromatic rings. The predicted octanol–water partition coefficient (Wildman–Crippen LogP) is 4.69. The molecule has 4 aliphatic rings. The first-order valence-corrected chi connectivity index (χ1v) is 8.32. The number of halogens is 1. The van der Waals surface area contributed by atoms with Crippen LogP contribution in [0.4, 0.5) is 0 Å². The van der Waals surface area contributed by atoms with Crippen LogP contribution in [0.5, 0.6) is 0 Å². The Morgan fingerprint density at radius 1 is 1.10 bits per heavy atom. The molecular weight excluding hydrogens is 268 g/mol. The van der Waals surface area contributed by atoms with Crippen LogP contribution in [0.3, 0.4) is 0 Å². The third kappa shape index (κ3) is 1.94. The van der Waals surface area contributed by atoms with E-state index in [1.165, 1.54) is 32.1 Å². The summed E-state index contributed by atoms with van der Waals surface area (Å²) in [6, 6.07) is 9.74. The molecule has 0 radical (unpaired) electrons. The standard InChI is InChI=1S/C18H21ClO/c19-17-15-7-12-6-13(8-15)10-18(17,9-12)11-16(20)14-4-2-1-3-5-14/h1-5,12-13,15,17H,6-11H2/t12-,13+,15?,17?,18?. The minimum absolute atomic E-state index is 0.100. The highest BCUT2D eigenvalue weighted by atomic mass is 35.5. The van der Waals surface area contributed by atoms with Gasteiger partial charge in [0.1, 0.15) is 0 Å². The van der Waals surface area contributed by atoms with Gasteiger partial charge in [-0.3, -0.25) is 4.79 Å². The van der Waals surface area contributed by atoms with E-state index in [0.29, 0.717) is 18.1 Å². The van der Waals surface area contributed by atoms with E-state index in [9.17, 15) is 4.79 Å². The summed E-state index contributed by atoms with van der Waals surface area (Å²) in [5.41, 5.74) is 0.954. The van der Waals surface area contributed by atoms with E-state index in [1.54, 1.807) is 0 Å². The molecule has 0 N–H and O–H groups in total. The molecule has 0 spiro atoms. The molecule has 4 saturated carbocycles. The van der Waals surface area contributed by atoms with Gasteiger partial charge in [-0.05, 0) is 55.3 Å². The molecule has 5 rings (SSSR count). The molecule has 0 aliphatic heterocycles. The minimum atomic E-state index is 0.100. The van der Waals surface area contributed by atoms with Crippen LogP contribution in [0.2, 0.25) is 0 Å². The molecule has 4 fully saturated rings. The van der Waals surface area contributed by atoms with Gasteiger partial charge in [0.25, 0.3) is 0 Å². The Balaban J connectivity index is 1.60. The van der Waals surface area contributed by atoms with E-state index in [2.05, 4.69) is 0 Å². The van der Waals surface area contributed by atoms with Crippen molar-refractivity contribution in [2.45, 2.75) is 43.9 Å². The normalized spacial score (nSPS) is 41.9. The van der Waals surface area contributed by atoms with Crippen molar-refractivity contribution in [2.75, 3.05) is 0 Å². The van der Waals surface area contributed by atoms with E-state index in [-0.39, 0.29) is 10.8 Å². The van der Waals surface area contributed by atoms with Gasteiger partial charge in [-0.2, -0.15) is 0 Å². The Kier molecular flexibility index (Phi) is 2.96. The highest BCUT2D eigenvalue weighted by molar-refractivity contribution is 6.21. The molecule has 106 valence electrons. The lowest BCUT2D eigenvalue weighted by Gasteiger charge is -2.59. The molecule has 1 aromatic carbocycles. The summed E-state index contributed by atoms with van der Waals surface area (Å²) in [5.74, 6) is 2.64. The highest BCUT2D eigenvalue weighted by Gasteiger charge is 2.56. The number of carbonyl (C=O) groups is 1. The van der Waals surface area contributed by atoms with Crippen LogP contribution >= 0.6 is 11.6 Å². The first-order valence-electron chi connectivity index (χ1n) is 7.89. The zero-order valence-electron chi connectivity index (χ0n) is 11.7. The number of Topliss-reactive ketones (excluding diaryl/α,β-unsaturated/α-hetero) is 1. The van der Waals surface area contributed by atoms with Crippen molar-refractivity contribution in [3.63, 3.8) is 0 Å². The summed E-state index contributed by atoms with van der Waals surface area (Å²) < 4.78 is 0. The second-order valence-corrected chi connectivity index (χ2v) is 7.81. The molecule has 3 unspecified atom stereocenters. The number of alkyl halides is 1. The Morgan fingerprint density at radius 3 is 2.40 bits per heavy atom. The van der Waals surface area contributed by atoms with Gasteiger partial charge in [0.05, 0.1) is 0 Å². The zero-order valence-corrected chi connectivity index (χ0v) is 12.5. The maximum Gasteiger partial charge on any atom is 0.163 e. The van der Waals surface area contributed by atoms with Crippen molar-refractivity contribution in [1.82, 2.24) is 0 Å². The quantitative estimate of drug-likeness (QED) is 0.582. The fourth-order valence-corrected chi connectivity index (χ4v) is 5.90. The van der Waals surface area contributed by atoms with Crippen LogP contribution in [-0.2, 0) is 0 Å². The van der Waals surface area contributed by atoms with Crippen molar-refractivity contribution in [2.24, 2.45) is 23.2 Å². The molecule has 5 atom stereocenters. The summed E-state index contributed by atoms with van der Waals surface area (Å²) in [4.78, 5) is 12.6. The largest absolute Gasteiger partial charge is 0.294 e. The number of hydrogen-bond donors (Lipinski definition) is 0. The maximum absolute atomic E-state index is 12.6. The lowest BCUT2D eigenvalue weighted by molar-refractivity contribution is -0.0475. The van der Waals surface area contributed by atoms with Gasteiger partial charge in [-0.25, -0.2) is 0 Å². The summed E-state index contributed by atoms with van der Waals surface area (Å²) in [7, 11) is 0. The van der Waals surface area contributed by atoms with Crippen molar-refractivity contribution >= 4 is 17.4 Å². The lowest BCUT2D eigenvalue weighted by Crippen LogP contribution is -2.54. The first-order chi connectivity index (χ1) is 9.66. The van der Waals surface area contributed by atoms with Gasteiger partial charge in [-0.1, -0.05) is 30.3 Å². The molecule has 20 heavy (non-hydrogen) atoms. The van der Waals surface area contributed by atoms with Crippen LogP contribution in [-0.4, -0.2) is 11.2 Å². The fraction of sp³-hybridized carbons (Fsp3) is 0.611. The smallest absolute Gasteiger partial charge is 0.163 e. The maximum atomic E-state index is 12.6. The van der Waals surface area contributed by atoms with Crippen LogP contribution < -0.4 is 0 Å². The number of hydrogen-bond acceptors (Lipinski definition) is 1. The number of ketones is 1. The second kappa shape index (κ2) is 4.59. The molecule has 0 amide bonds. The average molecular weight is 289 g/mol. The summed E-state index contributed by atoms with van der Waals surface area (Å²) >= 11 is 6.81. The average Bonchev–Trinajstić information content (AvgIpc) is 2.44. The van der Waals surface area contributed by atoms with Crippen molar-refractivity contribution in [1.29, 1.82) is 0 Å². The first kappa shape index (κ1) is 12.9. The summed E-state index contributed by atoms with van der Waals surface area (Å²) in [6.07, 6.45) is 7.05. The molecule has 0 saturated heterocycles. The van der Waals surface area contributed by atoms with Gasteiger partial charge in [0.15, 0.2) is 5.78 Å². The number of rotatable bonds is 3. The van der Waals surface area contributed by atoms with E-state index in [0.717, 1.165) is 17.4 Å².